The van der Waals surface area contributed by atoms with Crippen LogP contribution in [0.5, 0.6) is 5.75 Å². The van der Waals surface area contributed by atoms with Gasteiger partial charge < -0.3 is 15.2 Å². The number of hydrogen-bond acceptors (Lipinski definition) is 3. The molecule has 5 nitrogen and oxygen atoms in total. The fourth-order valence-electron chi connectivity index (χ4n) is 2.05. The molecule has 0 aliphatic heterocycles. The summed E-state index contributed by atoms with van der Waals surface area (Å²) in [6.45, 7) is 1.66. The maximum absolute atomic E-state index is 12.0. The van der Waals surface area contributed by atoms with Gasteiger partial charge in [-0.05, 0) is 25.5 Å². The molecule has 1 aromatic carbocycles. The van der Waals surface area contributed by atoms with Gasteiger partial charge in [-0.2, -0.15) is 0 Å². The second kappa shape index (κ2) is 6.23. The molecule has 106 valence electrons. The Morgan fingerprint density at radius 3 is 2.60 bits per heavy atom. The van der Waals surface area contributed by atoms with Gasteiger partial charge in [0.15, 0.2) is 6.10 Å². The summed E-state index contributed by atoms with van der Waals surface area (Å²) in [4.78, 5) is 22.8. The number of nitrogens with one attached hydrogen (secondary N) is 1. The second-order valence-electron chi connectivity index (χ2n) is 4.75. The first-order chi connectivity index (χ1) is 9.56. The summed E-state index contributed by atoms with van der Waals surface area (Å²) in [7, 11) is 0. The topological polar surface area (TPSA) is 75.6 Å². The smallest absolute Gasteiger partial charge is 0.310 e. The third kappa shape index (κ3) is 3.60. The van der Waals surface area contributed by atoms with Gasteiger partial charge in [-0.1, -0.05) is 30.4 Å². The first-order valence-corrected chi connectivity index (χ1v) is 6.49. The Labute approximate surface area is 117 Å². The Morgan fingerprint density at radius 1 is 1.30 bits per heavy atom. The number of ether oxygens (including phenoxy) is 1. The van der Waals surface area contributed by atoms with Gasteiger partial charge in [0.05, 0.1) is 5.92 Å². The minimum absolute atomic E-state index is 0.245. The van der Waals surface area contributed by atoms with E-state index >= 15 is 0 Å². The lowest BCUT2D eigenvalue weighted by Crippen LogP contribution is -2.41. The van der Waals surface area contributed by atoms with Gasteiger partial charge in [0.25, 0.3) is 5.91 Å². The highest BCUT2D eigenvalue weighted by Gasteiger charge is 2.26. The van der Waals surface area contributed by atoms with Gasteiger partial charge in [0, 0.05) is 6.04 Å². The van der Waals surface area contributed by atoms with Crippen molar-refractivity contribution in [2.45, 2.75) is 25.5 Å². The zero-order chi connectivity index (χ0) is 14.5. The predicted octanol–water partition coefficient (Wildman–Crippen LogP) is 1.60. The summed E-state index contributed by atoms with van der Waals surface area (Å²) in [5.74, 6) is -1.02. The second-order valence-corrected chi connectivity index (χ2v) is 4.75. The lowest BCUT2D eigenvalue weighted by Gasteiger charge is -2.17. The molecule has 1 aliphatic carbocycles. The number of benzene rings is 1. The van der Waals surface area contributed by atoms with Crippen LogP contribution in [-0.2, 0) is 9.59 Å². The zero-order valence-corrected chi connectivity index (χ0v) is 11.2. The summed E-state index contributed by atoms with van der Waals surface area (Å²) < 4.78 is 5.51. The third-order valence-corrected chi connectivity index (χ3v) is 3.15. The van der Waals surface area contributed by atoms with E-state index in [1.54, 1.807) is 31.2 Å². The first kappa shape index (κ1) is 14.1. The largest absolute Gasteiger partial charge is 0.481 e. The highest BCUT2D eigenvalue weighted by atomic mass is 16.5. The number of amides is 1. The quantitative estimate of drug-likeness (QED) is 0.800. The molecule has 0 heterocycles. The minimum atomic E-state index is -0.869. The number of rotatable bonds is 5. The highest BCUT2D eigenvalue weighted by Crippen LogP contribution is 2.18. The minimum Gasteiger partial charge on any atom is -0.481 e. The van der Waals surface area contributed by atoms with E-state index in [0.29, 0.717) is 12.2 Å². The van der Waals surface area contributed by atoms with Crippen molar-refractivity contribution in [3.63, 3.8) is 0 Å². The first-order valence-electron chi connectivity index (χ1n) is 6.49. The maximum Gasteiger partial charge on any atom is 0.310 e. The van der Waals surface area contributed by atoms with Gasteiger partial charge in [-0.15, -0.1) is 0 Å². The van der Waals surface area contributed by atoms with Gasteiger partial charge >= 0.3 is 5.97 Å². The monoisotopic (exact) mass is 275 g/mol. The van der Waals surface area contributed by atoms with Crippen LogP contribution in [0.15, 0.2) is 42.5 Å². The van der Waals surface area contributed by atoms with Gasteiger partial charge in [-0.25, -0.2) is 0 Å². The molecule has 3 atom stereocenters. The van der Waals surface area contributed by atoms with Crippen molar-refractivity contribution in [3.05, 3.63) is 42.5 Å². The number of hydrogen-bond donors (Lipinski definition) is 2. The molecular formula is C15H17NO4. The van der Waals surface area contributed by atoms with E-state index in [1.165, 1.54) is 0 Å². The van der Waals surface area contributed by atoms with Crippen molar-refractivity contribution in [1.29, 1.82) is 0 Å². The lowest BCUT2D eigenvalue weighted by atomic mass is 10.1. The number of carbonyl (C=O) groups is 2. The molecule has 1 amide bonds. The van der Waals surface area contributed by atoms with Crippen molar-refractivity contribution in [2.24, 2.45) is 5.92 Å². The average molecular weight is 275 g/mol. The molecule has 20 heavy (non-hydrogen) atoms. The van der Waals surface area contributed by atoms with Gasteiger partial charge in [0.2, 0.25) is 0 Å². The lowest BCUT2D eigenvalue weighted by molar-refractivity contribution is -0.140. The number of carboxylic acid groups (broad SMARTS) is 1. The molecular weight excluding hydrogens is 258 g/mol. The van der Waals surface area contributed by atoms with E-state index in [4.69, 9.17) is 9.84 Å². The Bertz CT molecular complexity index is 512. The van der Waals surface area contributed by atoms with Crippen LogP contribution in [0.4, 0.5) is 0 Å². The molecule has 3 unspecified atom stereocenters. The molecule has 0 spiro atoms. The van der Waals surface area contributed by atoms with Crippen molar-refractivity contribution < 1.29 is 19.4 Å². The highest BCUT2D eigenvalue weighted by molar-refractivity contribution is 5.81. The number of carboxylic acids is 1. The van der Waals surface area contributed by atoms with Crippen molar-refractivity contribution in [1.82, 2.24) is 5.32 Å². The SMILES string of the molecule is CC(Oc1ccccc1)C(=O)NC1C=CC(C(=O)O)C1. The van der Waals surface area contributed by atoms with Crippen LogP contribution in [0, 0.1) is 5.92 Å². The molecule has 0 fully saturated rings. The van der Waals surface area contributed by atoms with Crippen LogP contribution in [0.25, 0.3) is 0 Å². The average Bonchev–Trinajstić information content (AvgIpc) is 2.88. The fraction of sp³-hybridized carbons (Fsp3) is 0.333. The van der Waals surface area contributed by atoms with Crippen LogP contribution in [0.2, 0.25) is 0 Å². The standard InChI is InChI=1S/C15H17NO4/c1-10(20-13-5-3-2-4-6-13)14(17)16-12-8-7-11(9-12)15(18)19/h2-8,10-12H,9H2,1H3,(H,16,17)(H,18,19). The molecule has 0 saturated heterocycles. The number of para-hydroxylation sites is 1. The molecule has 0 aromatic heterocycles. The molecule has 1 aromatic rings. The van der Waals surface area contributed by atoms with E-state index in [2.05, 4.69) is 5.32 Å². The van der Waals surface area contributed by atoms with Gasteiger partial charge in [-0.3, -0.25) is 9.59 Å². The van der Waals surface area contributed by atoms with E-state index in [0.717, 1.165) is 0 Å². The molecule has 0 radical (unpaired) electrons. The molecule has 1 aliphatic rings. The van der Waals surface area contributed by atoms with E-state index in [9.17, 15) is 9.59 Å². The van der Waals surface area contributed by atoms with E-state index in [-0.39, 0.29) is 11.9 Å². The van der Waals surface area contributed by atoms with Crippen LogP contribution in [-0.4, -0.2) is 29.1 Å². The van der Waals surface area contributed by atoms with Crippen molar-refractivity contribution in [3.8, 4) is 5.75 Å². The van der Waals surface area contributed by atoms with Crippen LogP contribution < -0.4 is 10.1 Å². The molecule has 2 rings (SSSR count). The summed E-state index contributed by atoms with van der Waals surface area (Å²) in [5.41, 5.74) is 0. The van der Waals surface area contributed by atoms with Crippen LogP contribution in [0.3, 0.4) is 0 Å². The van der Waals surface area contributed by atoms with Crippen molar-refractivity contribution >= 4 is 11.9 Å². The van der Waals surface area contributed by atoms with Crippen molar-refractivity contribution in [2.75, 3.05) is 0 Å². The summed E-state index contributed by atoms with van der Waals surface area (Å²) in [5, 5.41) is 11.7. The Hall–Kier alpha value is -2.30. The maximum atomic E-state index is 12.0. The molecule has 0 saturated carbocycles. The van der Waals surface area contributed by atoms with Crippen LogP contribution >= 0.6 is 0 Å². The summed E-state index contributed by atoms with van der Waals surface area (Å²) >= 11 is 0. The summed E-state index contributed by atoms with van der Waals surface area (Å²) in [6, 6.07) is 8.84. The number of carbonyl (C=O) groups excluding carboxylic acids is 1. The zero-order valence-electron chi connectivity index (χ0n) is 11.2. The Kier molecular flexibility index (Phi) is 4.40. The Balaban J connectivity index is 1.83. The van der Waals surface area contributed by atoms with E-state index in [1.807, 2.05) is 18.2 Å². The normalized spacial score (nSPS) is 22.2. The van der Waals surface area contributed by atoms with E-state index < -0.39 is 18.0 Å². The number of aliphatic carboxylic acids is 1. The molecule has 5 heteroatoms. The third-order valence-electron chi connectivity index (χ3n) is 3.15. The molecule has 0 bridgehead atoms. The van der Waals surface area contributed by atoms with Gasteiger partial charge in [0.1, 0.15) is 5.75 Å². The van der Waals surface area contributed by atoms with Crippen LogP contribution in [0.1, 0.15) is 13.3 Å². The Morgan fingerprint density at radius 2 is 2.00 bits per heavy atom. The molecule has 2 N–H and O–H groups in total. The fourth-order valence-corrected chi connectivity index (χ4v) is 2.05. The summed E-state index contributed by atoms with van der Waals surface area (Å²) in [6.07, 6.45) is 3.08. The predicted molar refractivity (Wildman–Crippen MR) is 73.3 cm³/mol.